The SMILES string of the molecule is CCOC(=O)Cc1csc(NC(=O)COC(=O)c2sc(C)nc2C)n1. The summed E-state index contributed by atoms with van der Waals surface area (Å²) in [5, 5.41) is 5.26. The van der Waals surface area contributed by atoms with Gasteiger partial charge in [-0.15, -0.1) is 22.7 Å². The Morgan fingerprint density at radius 2 is 1.96 bits per heavy atom. The average molecular weight is 383 g/mol. The molecule has 0 spiro atoms. The fourth-order valence-electron chi connectivity index (χ4n) is 1.88. The second-order valence-electron chi connectivity index (χ2n) is 4.90. The third-order valence-corrected chi connectivity index (χ3v) is 4.71. The van der Waals surface area contributed by atoms with Crippen LogP contribution in [0.4, 0.5) is 5.13 Å². The highest BCUT2D eigenvalue weighted by molar-refractivity contribution is 7.14. The number of aromatic nitrogens is 2. The molecule has 0 aliphatic rings. The number of anilines is 1. The van der Waals surface area contributed by atoms with E-state index in [1.54, 1.807) is 26.2 Å². The van der Waals surface area contributed by atoms with Gasteiger partial charge in [-0.25, -0.2) is 14.8 Å². The van der Waals surface area contributed by atoms with Crippen LogP contribution in [0.1, 0.15) is 33.0 Å². The maximum absolute atomic E-state index is 11.9. The van der Waals surface area contributed by atoms with Crippen molar-refractivity contribution in [1.29, 1.82) is 0 Å². The fraction of sp³-hybridized carbons (Fsp3) is 0.400. The van der Waals surface area contributed by atoms with E-state index in [1.165, 1.54) is 22.7 Å². The molecule has 25 heavy (non-hydrogen) atoms. The Morgan fingerprint density at radius 1 is 1.20 bits per heavy atom. The summed E-state index contributed by atoms with van der Waals surface area (Å²) in [6.45, 7) is 5.10. The molecule has 0 radical (unpaired) electrons. The van der Waals surface area contributed by atoms with Gasteiger partial charge in [0, 0.05) is 5.38 Å². The van der Waals surface area contributed by atoms with E-state index < -0.39 is 18.5 Å². The predicted octanol–water partition coefficient (Wildman–Crippen LogP) is 2.12. The Morgan fingerprint density at radius 3 is 2.60 bits per heavy atom. The molecule has 134 valence electrons. The number of aryl methyl sites for hydroxylation is 2. The van der Waals surface area contributed by atoms with Crippen molar-refractivity contribution < 1.29 is 23.9 Å². The zero-order valence-corrected chi connectivity index (χ0v) is 15.6. The third-order valence-electron chi connectivity index (χ3n) is 2.85. The zero-order valence-electron chi connectivity index (χ0n) is 14.0. The smallest absolute Gasteiger partial charge is 0.350 e. The van der Waals surface area contributed by atoms with E-state index in [0.717, 1.165) is 5.01 Å². The highest BCUT2D eigenvalue weighted by Crippen LogP contribution is 2.18. The molecular weight excluding hydrogens is 366 g/mol. The van der Waals surface area contributed by atoms with Gasteiger partial charge in [-0.05, 0) is 20.8 Å². The van der Waals surface area contributed by atoms with Crippen LogP contribution in [0.3, 0.4) is 0 Å². The normalized spacial score (nSPS) is 10.4. The Hall–Kier alpha value is -2.33. The van der Waals surface area contributed by atoms with Crippen LogP contribution in [0.2, 0.25) is 0 Å². The second-order valence-corrected chi connectivity index (χ2v) is 6.96. The number of nitrogens with zero attached hydrogens (tertiary/aromatic N) is 2. The lowest BCUT2D eigenvalue weighted by Gasteiger charge is -2.03. The van der Waals surface area contributed by atoms with Gasteiger partial charge in [-0.2, -0.15) is 0 Å². The summed E-state index contributed by atoms with van der Waals surface area (Å²) in [5.41, 5.74) is 1.09. The van der Waals surface area contributed by atoms with Crippen molar-refractivity contribution in [3.05, 3.63) is 26.7 Å². The fourth-order valence-corrected chi connectivity index (χ4v) is 3.42. The summed E-state index contributed by atoms with van der Waals surface area (Å²) in [6.07, 6.45) is 0.0409. The number of carbonyl (C=O) groups excluding carboxylic acids is 3. The van der Waals surface area contributed by atoms with Crippen LogP contribution in [0.15, 0.2) is 5.38 Å². The standard InChI is InChI=1S/C15H17N3O5S2/c1-4-22-12(20)5-10-7-24-15(17-10)18-11(19)6-23-14(21)13-8(2)16-9(3)25-13/h7H,4-6H2,1-3H3,(H,17,18,19). The Balaban J connectivity index is 1.82. The molecule has 0 saturated heterocycles. The first-order valence-electron chi connectivity index (χ1n) is 7.40. The first-order valence-corrected chi connectivity index (χ1v) is 9.09. The Labute approximate surface area is 152 Å². The molecule has 0 fully saturated rings. The largest absolute Gasteiger partial charge is 0.466 e. The number of ether oxygens (including phenoxy) is 2. The van der Waals surface area contributed by atoms with Crippen LogP contribution in [-0.2, 0) is 25.5 Å². The predicted molar refractivity (Wildman–Crippen MR) is 93.0 cm³/mol. The van der Waals surface area contributed by atoms with Crippen LogP contribution in [-0.4, -0.2) is 41.0 Å². The average Bonchev–Trinajstić information content (AvgIpc) is 3.11. The molecule has 0 unspecified atom stereocenters. The number of rotatable bonds is 7. The molecule has 0 aliphatic heterocycles. The molecule has 1 N–H and O–H groups in total. The molecule has 10 heteroatoms. The quantitative estimate of drug-likeness (QED) is 0.730. The van der Waals surface area contributed by atoms with Crippen LogP contribution < -0.4 is 5.32 Å². The van der Waals surface area contributed by atoms with E-state index in [2.05, 4.69) is 15.3 Å². The lowest BCUT2D eigenvalue weighted by Crippen LogP contribution is -2.20. The van der Waals surface area contributed by atoms with Crippen molar-refractivity contribution in [1.82, 2.24) is 9.97 Å². The number of carbonyl (C=O) groups is 3. The maximum atomic E-state index is 11.9. The Kier molecular flexibility index (Phi) is 6.59. The van der Waals surface area contributed by atoms with E-state index in [1.807, 2.05) is 0 Å². The van der Waals surface area contributed by atoms with E-state index in [9.17, 15) is 14.4 Å². The number of hydrogen-bond donors (Lipinski definition) is 1. The summed E-state index contributed by atoms with van der Waals surface area (Å²) in [7, 11) is 0. The molecule has 2 heterocycles. The molecule has 2 aromatic heterocycles. The van der Waals surface area contributed by atoms with Gasteiger partial charge < -0.3 is 9.47 Å². The number of thiazole rings is 2. The molecule has 8 nitrogen and oxygen atoms in total. The minimum atomic E-state index is -0.583. The van der Waals surface area contributed by atoms with Gasteiger partial charge in [-0.1, -0.05) is 0 Å². The third kappa shape index (κ3) is 5.61. The summed E-state index contributed by atoms with van der Waals surface area (Å²) in [5.74, 6) is -1.47. The van der Waals surface area contributed by atoms with Crippen molar-refractivity contribution in [2.75, 3.05) is 18.5 Å². The lowest BCUT2D eigenvalue weighted by atomic mass is 10.3. The summed E-state index contributed by atoms with van der Waals surface area (Å²) < 4.78 is 9.81. The topological polar surface area (TPSA) is 107 Å². The van der Waals surface area contributed by atoms with Gasteiger partial charge in [0.2, 0.25) is 0 Å². The zero-order chi connectivity index (χ0) is 18.4. The van der Waals surface area contributed by atoms with Crippen molar-refractivity contribution >= 4 is 45.7 Å². The van der Waals surface area contributed by atoms with E-state index >= 15 is 0 Å². The van der Waals surface area contributed by atoms with E-state index in [4.69, 9.17) is 9.47 Å². The molecule has 0 atom stereocenters. The summed E-state index contributed by atoms with van der Waals surface area (Å²) in [6, 6.07) is 0. The van der Waals surface area contributed by atoms with Gasteiger partial charge >= 0.3 is 11.9 Å². The maximum Gasteiger partial charge on any atom is 0.350 e. The van der Waals surface area contributed by atoms with Gasteiger partial charge in [-0.3, -0.25) is 14.9 Å². The number of nitrogens with one attached hydrogen (secondary N) is 1. The molecule has 0 aliphatic carbocycles. The molecule has 1 amide bonds. The lowest BCUT2D eigenvalue weighted by molar-refractivity contribution is -0.142. The molecule has 0 saturated carbocycles. The number of esters is 2. The molecule has 2 rings (SSSR count). The van der Waals surface area contributed by atoms with Gasteiger partial charge in [0.15, 0.2) is 11.7 Å². The highest BCUT2D eigenvalue weighted by Gasteiger charge is 2.17. The van der Waals surface area contributed by atoms with Crippen molar-refractivity contribution in [3.63, 3.8) is 0 Å². The van der Waals surface area contributed by atoms with E-state index in [0.29, 0.717) is 28.0 Å². The molecule has 2 aromatic rings. The Bertz CT molecular complexity index is 784. The molecular formula is C15H17N3O5S2. The van der Waals surface area contributed by atoms with Crippen molar-refractivity contribution in [3.8, 4) is 0 Å². The van der Waals surface area contributed by atoms with Crippen LogP contribution in [0.5, 0.6) is 0 Å². The minimum absolute atomic E-state index is 0.0409. The van der Waals surface area contributed by atoms with Gasteiger partial charge in [0.05, 0.1) is 29.4 Å². The first-order chi connectivity index (χ1) is 11.9. The summed E-state index contributed by atoms with van der Waals surface area (Å²) >= 11 is 2.39. The van der Waals surface area contributed by atoms with Crippen molar-refractivity contribution in [2.24, 2.45) is 0 Å². The van der Waals surface area contributed by atoms with Crippen LogP contribution in [0.25, 0.3) is 0 Å². The van der Waals surface area contributed by atoms with Crippen LogP contribution >= 0.6 is 22.7 Å². The van der Waals surface area contributed by atoms with Gasteiger partial charge in [0.1, 0.15) is 4.88 Å². The monoisotopic (exact) mass is 383 g/mol. The first kappa shape index (κ1) is 19.0. The second kappa shape index (κ2) is 8.67. The van der Waals surface area contributed by atoms with E-state index in [-0.39, 0.29) is 12.4 Å². The summed E-state index contributed by atoms with van der Waals surface area (Å²) in [4.78, 5) is 43.8. The number of amides is 1. The minimum Gasteiger partial charge on any atom is -0.466 e. The highest BCUT2D eigenvalue weighted by atomic mass is 32.1. The van der Waals surface area contributed by atoms with Crippen molar-refractivity contribution in [2.45, 2.75) is 27.2 Å². The molecule has 0 aromatic carbocycles. The molecule has 0 bridgehead atoms. The number of hydrogen-bond acceptors (Lipinski definition) is 9. The van der Waals surface area contributed by atoms with Gasteiger partial charge in [0.25, 0.3) is 5.91 Å². The van der Waals surface area contributed by atoms with Crippen LogP contribution in [0, 0.1) is 13.8 Å².